The third-order valence-electron chi connectivity index (χ3n) is 4.33. The number of aliphatic imine (C=N–C) groups is 1. The summed E-state index contributed by atoms with van der Waals surface area (Å²) < 4.78 is 13.1. The van der Waals surface area contributed by atoms with E-state index in [1.165, 1.54) is 18.2 Å². The van der Waals surface area contributed by atoms with Crippen LogP contribution in [0.25, 0.3) is 0 Å². The zero-order chi connectivity index (χ0) is 23.0. The summed E-state index contributed by atoms with van der Waals surface area (Å²) >= 11 is 0. The number of guanidine groups is 1. The van der Waals surface area contributed by atoms with Crippen molar-refractivity contribution in [1.29, 1.82) is 5.26 Å². The Kier molecular flexibility index (Phi) is 8.25. The number of benzene rings is 2. The Labute approximate surface area is 182 Å². The Bertz CT molecular complexity index is 959. The van der Waals surface area contributed by atoms with Gasteiger partial charge in [0, 0.05) is 18.2 Å². The van der Waals surface area contributed by atoms with E-state index < -0.39 is 18.1 Å². The fourth-order valence-corrected chi connectivity index (χ4v) is 2.70. The van der Waals surface area contributed by atoms with Crippen molar-refractivity contribution in [3.8, 4) is 6.07 Å². The molecule has 7 nitrogen and oxygen atoms in total. The molecule has 0 bridgehead atoms. The van der Waals surface area contributed by atoms with E-state index in [2.05, 4.69) is 15.6 Å². The quantitative estimate of drug-likeness (QED) is 0.322. The van der Waals surface area contributed by atoms with Gasteiger partial charge in [-0.1, -0.05) is 39.0 Å². The smallest absolute Gasteiger partial charge is 0.257 e. The van der Waals surface area contributed by atoms with Crippen molar-refractivity contribution < 1.29 is 9.18 Å². The Hall–Kier alpha value is -3.28. The van der Waals surface area contributed by atoms with E-state index in [0.29, 0.717) is 24.1 Å². The summed E-state index contributed by atoms with van der Waals surface area (Å²) in [6.07, 6.45) is -0.274. The summed E-state index contributed by atoms with van der Waals surface area (Å²) in [6.45, 7) is 6.52. The molecule has 0 saturated carbocycles. The van der Waals surface area contributed by atoms with Gasteiger partial charge in [0.05, 0.1) is 17.8 Å². The molecular formula is C23H29FN6O. The molecule has 0 aromatic heterocycles. The van der Waals surface area contributed by atoms with Crippen LogP contribution in [0.2, 0.25) is 0 Å². The Morgan fingerprint density at radius 1 is 1.19 bits per heavy atom. The van der Waals surface area contributed by atoms with Gasteiger partial charge < -0.3 is 16.8 Å². The molecule has 0 aliphatic rings. The van der Waals surface area contributed by atoms with E-state index >= 15 is 0 Å². The molecule has 2 aromatic rings. The zero-order valence-electron chi connectivity index (χ0n) is 18.0. The van der Waals surface area contributed by atoms with Crippen LogP contribution in [0.3, 0.4) is 0 Å². The van der Waals surface area contributed by atoms with Gasteiger partial charge in [-0.15, -0.1) is 0 Å². The number of carbonyl (C=O) groups is 1. The van der Waals surface area contributed by atoms with Crippen LogP contribution < -0.4 is 22.1 Å². The molecule has 31 heavy (non-hydrogen) atoms. The molecule has 8 heteroatoms. The fourth-order valence-electron chi connectivity index (χ4n) is 2.70. The second-order valence-corrected chi connectivity index (χ2v) is 8.52. The van der Waals surface area contributed by atoms with Gasteiger partial charge >= 0.3 is 0 Å². The Morgan fingerprint density at radius 3 is 2.48 bits per heavy atom. The number of hydrogen-bond donors (Lipinski definition) is 4. The third kappa shape index (κ3) is 8.16. The van der Waals surface area contributed by atoms with Crippen molar-refractivity contribution in [3.05, 3.63) is 71.0 Å². The lowest BCUT2D eigenvalue weighted by Gasteiger charge is -2.22. The molecule has 2 rings (SSSR count). The van der Waals surface area contributed by atoms with Crippen molar-refractivity contribution in [2.75, 3.05) is 6.54 Å². The van der Waals surface area contributed by atoms with Crippen molar-refractivity contribution >= 4 is 11.9 Å². The van der Waals surface area contributed by atoms with E-state index in [0.717, 1.165) is 5.56 Å². The van der Waals surface area contributed by atoms with Crippen LogP contribution in [0.15, 0.2) is 53.5 Å². The van der Waals surface area contributed by atoms with Gasteiger partial charge in [0.15, 0.2) is 5.96 Å². The van der Waals surface area contributed by atoms with Crippen molar-refractivity contribution in [2.24, 2.45) is 21.9 Å². The second-order valence-electron chi connectivity index (χ2n) is 8.52. The van der Waals surface area contributed by atoms with Gasteiger partial charge in [0.2, 0.25) is 0 Å². The minimum absolute atomic E-state index is 0.104. The molecule has 164 valence electrons. The van der Waals surface area contributed by atoms with E-state index in [4.69, 9.17) is 16.7 Å². The molecule has 0 spiro atoms. The summed E-state index contributed by atoms with van der Waals surface area (Å²) in [5, 5.41) is 14.8. The van der Waals surface area contributed by atoms with Crippen LogP contribution in [-0.2, 0) is 0 Å². The molecule has 1 amide bonds. The first-order chi connectivity index (χ1) is 14.6. The van der Waals surface area contributed by atoms with Gasteiger partial charge in [0.1, 0.15) is 5.82 Å². The predicted octanol–water partition coefficient (Wildman–Crippen LogP) is 2.79. The number of nitrogens with one attached hydrogen (secondary N) is 2. The molecule has 0 radical (unpaired) electrons. The van der Waals surface area contributed by atoms with Crippen LogP contribution in [-0.4, -0.2) is 24.6 Å². The first kappa shape index (κ1) is 24.0. The van der Waals surface area contributed by atoms with E-state index in [-0.39, 0.29) is 17.2 Å². The van der Waals surface area contributed by atoms with Gasteiger partial charge in [0.25, 0.3) is 5.91 Å². The summed E-state index contributed by atoms with van der Waals surface area (Å²) in [7, 11) is 0. The average molecular weight is 425 g/mol. The summed E-state index contributed by atoms with van der Waals surface area (Å²) in [6, 6.07) is 13.9. The number of carbonyl (C=O) groups excluding carboxylic acids is 1. The molecule has 0 saturated heterocycles. The maximum absolute atomic E-state index is 13.1. The number of nitriles is 1. The van der Waals surface area contributed by atoms with Crippen molar-refractivity contribution in [1.82, 2.24) is 10.6 Å². The number of rotatable bonds is 6. The van der Waals surface area contributed by atoms with Crippen molar-refractivity contribution in [2.45, 2.75) is 39.4 Å². The van der Waals surface area contributed by atoms with Crippen LogP contribution in [0.5, 0.6) is 0 Å². The average Bonchev–Trinajstić information content (AvgIpc) is 2.71. The van der Waals surface area contributed by atoms with Crippen LogP contribution in [0.4, 0.5) is 4.39 Å². The molecule has 0 aliphatic heterocycles. The molecule has 2 unspecified atom stereocenters. The first-order valence-electron chi connectivity index (χ1n) is 9.96. The van der Waals surface area contributed by atoms with Crippen molar-refractivity contribution in [3.63, 3.8) is 0 Å². The maximum atomic E-state index is 13.1. The highest BCUT2D eigenvalue weighted by atomic mass is 19.1. The minimum atomic E-state index is -0.607. The van der Waals surface area contributed by atoms with Crippen LogP contribution >= 0.6 is 0 Å². The van der Waals surface area contributed by atoms with E-state index in [1.807, 2.05) is 26.8 Å². The summed E-state index contributed by atoms with van der Waals surface area (Å²) in [5.74, 6) is -0.522. The molecule has 0 aliphatic carbocycles. The zero-order valence-corrected chi connectivity index (χ0v) is 18.0. The number of nitrogens with zero attached hydrogens (tertiary/aromatic N) is 2. The lowest BCUT2D eigenvalue weighted by Crippen LogP contribution is -2.50. The minimum Gasteiger partial charge on any atom is -0.341 e. The summed E-state index contributed by atoms with van der Waals surface area (Å²) in [4.78, 5) is 17.1. The lowest BCUT2D eigenvalue weighted by atomic mass is 9.97. The predicted molar refractivity (Wildman–Crippen MR) is 119 cm³/mol. The largest absolute Gasteiger partial charge is 0.341 e. The topological polar surface area (TPSA) is 129 Å². The normalized spacial score (nSPS) is 13.8. The van der Waals surface area contributed by atoms with Gasteiger partial charge in [-0.3, -0.25) is 15.1 Å². The molecule has 0 heterocycles. The summed E-state index contributed by atoms with van der Waals surface area (Å²) in [5.41, 5.74) is 13.8. The van der Waals surface area contributed by atoms with Crippen LogP contribution in [0, 0.1) is 22.6 Å². The Morgan fingerprint density at radius 2 is 1.87 bits per heavy atom. The van der Waals surface area contributed by atoms with E-state index in [1.54, 1.807) is 30.3 Å². The van der Waals surface area contributed by atoms with Crippen LogP contribution in [0.1, 0.15) is 54.7 Å². The maximum Gasteiger partial charge on any atom is 0.257 e. The van der Waals surface area contributed by atoms with Gasteiger partial charge in [-0.2, -0.15) is 5.26 Å². The number of hydrogen-bond acceptors (Lipinski definition) is 5. The first-order valence-corrected chi connectivity index (χ1v) is 9.96. The number of halogens is 1. The standard InChI is InChI=1S/C23H29FN6O/c1-23(2,3)14-28-22(30-21(31)17-6-4-5-15(11-17)13-25)29-20(27)12-19(26)16-7-9-18(24)10-8-16/h4-11,19-20H,12,14,26-27H2,1-3H3,(H2,28,29,30,31). The molecule has 2 atom stereocenters. The molecule has 6 N–H and O–H groups in total. The van der Waals surface area contributed by atoms with Gasteiger partial charge in [-0.25, -0.2) is 4.39 Å². The van der Waals surface area contributed by atoms with E-state index in [9.17, 15) is 9.18 Å². The highest BCUT2D eigenvalue weighted by Crippen LogP contribution is 2.16. The third-order valence-corrected chi connectivity index (χ3v) is 4.33. The molecular weight excluding hydrogens is 395 g/mol. The second kappa shape index (κ2) is 10.7. The number of nitrogens with two attached hydrogens (primary N) is 2. The SMILES string of the molecule is CC(C)(C)CN=C(NC(=O)c1cccc(C#N)c1)NC(N)CC(N)c1ccc(F)cc1. The highest BCUT2D eigenvalue weighted by molar-refractivity contribution is 6.05. The fraction of sp³-hybridized carbons (Fsp3) is 0.348. The monoisotopic (exact) mass is 424 g/mol. The lowest BCUT2D eigenvalue weighted by molar-refractivity contribution is 0.0975. The molecule has 0 fully saturated rings. The van der Waals surface area contributed by atoms with Gasteiger partial charge in [-0.05, 0) is 47.7 Å². The highest BCUT2D eigenvalue weighted by Gasteiger charge is 2.17. The Balaban J connectivity index is 2.10. The molecule has 2 aromatic carbocycles. The number of amides is 1.